The van der Waals surface area contributed by atoms with Gasteiger partial charge in [-0.1, -0.05) is 12.1 Å². The van der Waals surface area contributed by atoms with Gasteiger partial charge in [0, 0.05) is 50.6 Å². The smallest absolute Gasteiger partial charge is 0.250 e. The van der Waals surface area contributed by atoms with Crippen molar-refractivity contribution in [2.24, 2.45) is 0 Å². The number of hydrogen-bond donors (Lipinski definition) is 0. The van der Waals surface area contributed by atoms with Gasteiger partial charge in [-0.3, -0.25) is 4.90 Å². The fourth-order valence-corrected chi connectivity index (χ4v) is 5.41. The van der Waals surface area contributed by atoms with Crippen LogP contribution in [0.25, 0.3) is 11.1 Å². The molecule has 2 aromatic rings. The highest BCUT2D eigenvalue weighted by Crippen LogP contribution is 2.32. The summed E-state index contributed by atoms with van der Waals surface area (Å²) in [6, 6.07) is 9.99. The van der Waals surface area contributed by atoms with E-state index in [0.29, 0.717) is 30.6 Å². The lowest BCUT2D eigenvalue weighted by atomic mass is 10.0. The Kier molecular flexibility index (Phi) is 6.15. The zero-order chi connectivity index (χ0) is 22.2. The Balaban J connectivity index is 1.48. The lowest BCUT2D eigenvalue weighted by Gasteiger charge is -2.35. The second-order valence-electron chi connectivity index (χ2n) is 7.92. The fraction of sp³-hybridized carbons (Fsp3) is 0.409. The third kappa shape index (κ3) is 4.66. The van der Waals surface area contributed by atoms with Crippen LogP contribution in [0.1, 0.15) is 24.8 Å². The lowest BCUT2D eigenvalue weighted by molar-refractivity contribution is -0.0618. The van der Waals surface area contributed by atoms with E-state index in [1.54, 1.807) is 4.31 Å². The summed E-state index contributed by atoms with van der Waals surface area (Å²) in [5, 5.41) is 8.87. The maximum Gasteiger partial charge on any atom is 0.250 e. The van der Waals surface area contributed by atoms with Gasteiger partial charge in [-0.15, -0.1) is 0 Å². The van der Waals surface area contributed by atoms with Crippen molar-refractivity contribution < 1.29 is 21.8 Å². The minimum absolute atomic E-state index is 0.0223. The summed E-state index contributed by atoms with van der Waals surface area (Å²) in [4.78, 5) is 1.74. The van der Waals surface area contributed by atoms with E-state index in [-0.39, 0.29) is 42.4 Å². The first-order valence-electron chi connectivity index (χ1n) is 10.1. The Morgan fingerprint density at radius 2 is 1.71 bits per heavy atom. The Morgan fingerprint density at radius 1 is 1.03 bits per heavy atom. The van der Waals surface area contributed by atoms with Crippen LogP contribution in [-0.2, 0) is 11.0 Å². The summed E-state index contributed by atoms with van der Waals surface area (Å²) in [5.74, 6) is -4.11. The molecule has 2 heterocycles. The average Bonchev–Trinajstić information content (AvgIpc) is 3.25. The predicted molar refractivity (Wildman–Crippen MR) is 109 cm³/mol. The first-order valence-corrected chi connectivity index (χ1v) is 11.2. The number of piperidine rings is 1. The molecule has 0 N–H and O–H groups in total. The first kappa shape index (κ1) is 21.9. The van der Waals surface area contributed by atoms with Gasteiger partial charge in [-0.25, -0.2) is 26.1 Å². The standard InChI is InChI=1S/C22H21F4N3OS/c23-19-12-21(20(24)11-18(19)16-3-1-15(13-27)2-4-16)31(30)29-8-5-17(14-29)28-9-6-22(25,26)7-10-28/h1-4,11-12,17H,5-10,14H2. The molecule has 0 aromatic heterocycles. The van der Waals surface area contributed by atoms with Crippen LogP contribution in [-0.4, -0.2) is 51.6 Å². The third-order valence-electron chi connectivity index (χ3n) is 5.94. The van der Waals surface area contributed by atoms with Crippen LogP contribution >= 0.6 is 0 Å². The van der Waals surface area contributed by atoms with Crippen molar-refractivity contribution in [3.8, 4) is 17.2 Å². The number of hydrogen-bond acceptors (Lipinski definition) is 3. The first-order chi connectivity index (χ1) is 14.8. The molecule has 4 nitrogen and oxygen atoms in total. The van der Waals surface area contributed by atoms with E-state index in [9.17, 15) is 21.8 Å². The van der Waals surface area contributed by atoms with E-state index in [1.165, 1.54) is 24.3 Å². The van der Waals surface area contributed by atoms with Crippen molar-refractivity contribution in [3.63, 3.8) is 0 Å². The molecule has 2 atom stereocenters. The molecule has 164 valence electrons. The van der Waals surface area contributed by atoms with Crippen LogP contribution < -0.4 is 0 Å². The van der Waals surface area contributed by atoms with Crippen molar-refractivity contribution in [2.75, 3.05) is 26.2 Å². The minimum Gasteiger partial charge on any atom is -0.299 e. The topological polar surface area (TPSA) is 47.3 Å². The Hall–Kier alpha value is -2.28. The summed E-state index contributed by atoms with van der Waals surface area (Å²) < 4.78 is 70.8. The number of likely N-dealkylation sites (tertiary alicyclic amines) is 1. The van der Waals surface area contributed by atoms with Crippen LogP contribution in [0.3, 0.4) is 0 Å². The molecule has 0 spiro atoms. The van der Waals surface area contributed by atoms with E-state index >= 15 is 0 Å². The van der Waals surface area contributed by atoms with Gasteiger partial charge < -0.3 is 0 Å². The lowest BCUT2D eigenvalue weighted by Crippen LogP contribution is -2.46. The van der Waals surface area contributed by atoms with Crippen LogP contribution in [0.15, 0.2) is 41.3 Å². The third-order valence-corrected chi connectivity index (χ3v) is 7.43. The highest BCUT2D eigenvalue weighted by molar-refractivity contribution is 7.82. The number of benzene rings is 2. The van der Waals surface area contributed by atoms with Crippen molar-refractivity contribution >= 4 is 11.0 Å². The van der Waals surface area contributed by atoms with Crippen LogP contribution in [0, 0.1) is 23.0 Å². The molecule has 2 aliphatic heterocycles. The summed E-state index contributed by atoms with van der Waals surface area (Å²) in [7, 11) is -1.89. The molecule has 0 saturated carbocycles. The van der Waals surface area contributed by atoms with Gasteiger partial charge in [-0.05, 0) is 36.2 Å². The highest BCUT2D eigenvalue weighted by Gasteiger charge is 2.39. The summed E-state index contributed by atoms with van der Waals surface area (Å²) in [6.45, 7) is 1.33. The molecule has 2 aromatic carbocycles. The minimum atomic E-state index is -2.63. The maximum absolute atomic E-state index is 14.8. The van der Waals surface area contributed by atoms with E-state index in [0.717, 1.165) is 12.1 Å². The van der Waals surface area contributed by atoms with E-state index < -0.39 is 28.5 Å². The summed E-state index contributed by atoms with van der Waals surface area (Å²) in [6.07, 6.45) is 0.261. The van der Waals surface area contributed by atoms with Gasteiger partial charge >= 0.3 is 0 Å². The molecular formula is C22H21F4N3OS. The molecule has 9 heteroatoms. The predicted octanol–water partition coefficient (Wildman–Crippen LogP) is 4.33. The van der Waals surface area contributed by atoms with Crippen molar-refractivity contribution in [1.29, 1.82) is 5.26 Å². The van der Waals surface area contributed by atoms with Gasteiger partial charge in [0.1, 0.15) is 22.6 Å². The number of nitriles is 1. The normalized spacial score (nSPS) is 22.9. The number of nitrogens with zero attached hydrogens (tertiary/aromatic N) is 3. The van der Waals surface area contributed by atoms with E-state index in [2.05, 4.69) is 0 Å². The van der Waals surface area contributed by atoms with Crippen molar-refractivity contribution in [2.45, 2.75) is 36.1 Å². The molecule has 31 heavy (non-hydrogen) atoms. The molecule has 0 radical (unpaired) electrons. The van der Waals surface area contributed by atoms with Gasteiger partial charge in [0.2, 0.25) is 0 Å². The summed E-state index contributed by atoms with van der Waals surface area (Å²) in [5.41, 5.74) is 0.843. The number of alkyl halides is 2. The highest BCUT2D eigenvalue weighted by atomic mass is 32.2. The van der Waals surface area contributed by atoms with Gasteiger partial charge in [0.25, 0.3) is 5.92 Å². The monoisotopic (exact) mass is 451 g/mol. The van der Waals surface area contributed by atoms with E-state index in [1.807, 2.05) is 11.0 Å². The van der Waals surface area contributed by atoms with Crippen molar-refractivity contribution in [1.82, 2.24) is 9.21 Å². The molecule has 0 bridgehead atoms. The molecule has 2 saturated heterocycles. The number of halogens is 4. The maximum atomic E-state index is 14.8. The zero-order valence-corrected chi connectivity index (χ0v) is 17.5. The van der Waals surface area contributed by atoms with Gasteiger partial charge in [0.05, 0.1) is 16.5 Å². The van der Waals surface area contributed by atoms with Crippen LogP contribution in [0.4, 0.5) is 17.6 Å². The summed E-state index contributed by atoms with van der Waals surface area (Å²) >= 11 is 0. The van der Waals surface area contributed by atoms with E-state index in [4.69, 9.17) is 5.26 Å². The SMILES string of the molecule is N#Cc1ccc(-c2cc(F)c(S(=O)N3CCC(N4CCC(F)(F)CC4)C3)cc2F)cc1. The van der Waals surface area contributed by atoms with Crippen LogP contribution in [0.5, 0.6) is 0 Å². The number of rotatable bonds is 4. The van der Waals surface area contributed by atoms with Crippen LogP contribution in [0.2, 0.25) is 0 Å². The second-order valence-corrected chi connectivity index (χ2v) is 9.38. The molecule has 4 rings (SSSR count). The van der Waals surface area contributed by atoms with Crippen molar-refractivity contribution in [3.05, 3.63) is 53.6 Å². The molecule has 0 aliphatic carbocycles. The molecule has 0 amide bonds. The Labute approximate surface area is 180 Å². The Morgan fingerprint density at radius 3 is 2.35 bits per heavy atom. The molecular weight excluding hydrogens is 430 g/mol. The molecule has 2 aliphatic rings. The molecule has 2 unspecified atom stereocenters. The quantitative estimate of drug-likeness (QED) is 0.650. The molecule has 2 fully saturated rings. The Bertz CT molecular complexity index is 1030. The zero-order valence-electron chi connectivity index (χ0n) is 16.7. The van der Waals surface area contributed by atoms with Gasteiger partial charge in [-0.2, -0.15) is 5.26 Å². The average molecular weight is 451 g/mol. The second kappa shape index (κ2) is 8.69. The fourth-order valence-electron chi connectivity index (χ4n) is 4.12. The van der Waals surface area contributed by atoms with Gasteiger partial charge in [0.15, 0.2) is 0 Å². The largest absolute Gasteiger partial charge is 0.299 e.